The number of benzene rings is 4. The number of hydrogen-bond acceptors (Lipinski definition) is 1. The lowest BCUT2D eigenvalue weighted by Gasteiger charge is -2.60. The van der Waals surface area contributed by atoms with Crippen molar-refractivity contribution in [3.05, 3.63) is 121 Å². The van der Waals surface area contributed by atoms with Gasteiger partial charge in [-0.05, 0) is 32.8 Å². The van der Waals surface area contributed by atoms with Gasteiger partial charge >= 0.3 is 0 Å². The summed E-state index contributed by atoms with van der Waals surface area (Å²) >= 11 is 0. The van der Waals surface area contributed by atoms with E-state index in [1.165, 1.54) is 16.9 Å². The monoisotopic (exact) mass is 421 g/mol. The molecule has 0 radical (unpaired) electrons. The molecule has 4 aromatic carbocycles. The highest BCUT2D eigenvalue weighted by molar-refractivity contribution is 7.10. The van der Waals surface area contributed by atoms with Crippen LogP contribution in [0.2, 0.25) is 5.54 Å². The molecule has 0 spiro atoms. The van der Waals surface area contributed by atoms with E-state index in [-0.39, 0.29) is 0 Å². The van der Waals surface area contributed by atoms with E-state index in [1.807, 2.05) is 0 Å². The van der Waals surface area contributed by atoms with Crippen LogP contribution in [0.5, 0.6) is 0 Å². The summed E-state index contributed by atoms with van der Waals surface area (Å²) in [6, 6.07) is 45.2. The van der Waals surface area contributed by atoms with Crippen LogP contribution in [0.3, 0.4) is 0 Å². The molecule has 0 aromatic heterocycles. The molecule has 0 bridgehead atoms. The van der Waals surface area contributed by atoms with Gasteiger partial charge < -0.3 is 4.23 Å². The number of nitrogens with zero attached hydrogens (tertiary/aromatic N) is 1. The first kappa shape index (κ1) is 19.2. The lowest BCUT2D eigenvalue weighted by molar-refractivity contribution is 0.517. The lowest BCUT2D eigenvalue weighted by Crippen LogP contribution is -2.86. The molecule has 148 valence electrons. The van der Waals surface area contributed by atoms with E-state index in [0.717, 1.165) is 0 Å². The second kappa shape index (κ2) is 8.19. The van der Waals surface area contributed by atoms with Crippen LogP contribution in [0, 0.1) is 0 Å². The smallest absolute Gasteiger partial charge is 0.190 e. The normalized spacial score (nSPS) is 18.1. The fourth-order valence-corrected chi connectivity index (χ4v) is 17.3. The van der Waals surface area contributed by atoms with Gasteiger partial charge in [0.15, 0.2) is 17.2 Å². The van der Waals surface area contributed by atoms with Crippen molar-refractivity contribution in [3.63, 3.8) is 0 Å². The molecular formula is C27H27NSi2. The van der Waals surface area contributed by atoms with Crippen molar-refractivity contribution < 1.29 is 0 Å². The Balaban J connectivity index is 1.73. The molecule has 30 heavy (non-hydrogen) atoms. The molecule has 0 N–H and O–H groups in total. The van der Waals surface area contributed by atoms with Crippen molar-refractivity contribution in [3.8, 4) is 0 Å². The summed E-state index contributed by atoms with van der Waals surface area (Å²) in [6.45, 7) is 3.65. The Morgan fingerprint density at radius 1 is 0.600 bits per heavy atom. The lowest BCUT2D eigenvalue weighted by atomic mass is 10.4. The third-order valence-electron chi connectivity index (χ3n) is 6.61. The summed E-state index contributed by atoms with van der Waals surface area (Å²) in [5.74, 6) is 0. The average Bonchev–Trinajstić information content (AvgIpc) is 2.82. The molecule has 1 nitrogen and oxygen atoms in total. The predicted molar refractivity (Wildman–Crippen MR) is 133 cm³/mol. The second-order valence-corrected chi connectivity index (χ2v) is 15.8. The molecule has 1 saturated heterocycles. The first-order valence-corrected chi connectivity index (χ1v) is 14.5. The first-order valence-electron chi connectivity index (χ1n) is 10.8. The summed E-state index contributed by atoms with van der Waals surface area (Å²) in [7, 11) is -3.63. The van der Waals surface area contributed by atoms with Gasteiger partial charge in [-0.3, -0.25) is 0 Å². The predicted octanol–water partition coefficient (Wildman–Crippen LogP) is 2.99. The van der Waals surface area contributed by atoms with Crippen LogP contribution < -0.4 is 20.7 Å². The molecule has 0 aliphatic carbocycles. The van der Waals surface area contributed by atoms with Gasteiger partial charge in [0.25, 0.3) is 0 Å². The molecule has 3 heteroatoms. The van der Waals surface area contributed by atoms with Crippen LogP contribution in [0.15, 0.2) is 121 Å². The fraction of sp³-hybridized carbons (Fsp3) is 0.111. The van der Waals surface area contributed by atoms with E-state index in [0.29, 0.717) is 5.54 Å². The Morgan fingerprint density at radius 2 is 0.967 bits per heavy atom. The summed E-state index contributed by atoms with van der Waals surface area (Å²) in [5, 5.41) is 6.11. The third-order valence-corrected chi connectivity index (χ3v) is 16.6. The van der Waals surface area contributed by atoms with Gasteiger partial charge in [0.05, 0.1) is 0 Å². The van der Waals surface area contributed by atoms with E-state index in [1.54, 1.807) is 10.4 Å². The quantitative estimate of drug-likeness (QED) is 0.448. The molecule has 0 amide bonds. The maximum absolute atomic E-state index is 2.98. The van der Waals surface area contributed by atoms with Crippen molar-refractivity contribution in [2.45, 2.75) is 12.5 Å². The highest BCUT2D eigenvalue weighted by Crippen LogP contribution is 2.37. The Bertz CT molecular complexity index is 1010. The minimum absolute atomic E-state index is 0.685. The summed E-state index contributed by atoms with van der Waals surface area (Å²) in [4.78, 5) is 0. The largest absolute Gasteiger partial charge is 0.333 e. The van der Waals surface area contributed by atoms with Crippen LogP contribution in [0.4, 0.5) is 0 Å². The molecule has 1 aliphatic heterocycles. The zero-order valence-electron chi connectivity index (χ0n) is 17.4. The summed E-state index contributed by atoms with van der Waals surface area (Å²) in [5.41, 5.74) is 0.685. The zero-order valence-corrected chi connectivity index (χ0v) is 19.5. The van der Waals surface area contributed by atoms with Crippen LogP contribution in [-0.2, 0) is 0 Å². The van der Waals surface area contributed by atoms with E-state index >= 15 is 0 Å². The number of hydrogen-bond donors (Lipinski definition) is 0. The second-order valence-electron chi connectivity index (χ2n) is 8.28. The van der Waals surface area contributed by atoms with E-state index < -0.39 is 17.2 Å². The minimum Gasteiger partial charge on any atom is -0.333 e. The van der Waals surface area contributed by atoms with Gasteiger partial charge in [-0.1, -0.05) is 128 Å². The van der Waals surface area contributed by atoms with Gasteiger partial charge in [0.2, 0.25) is 0 Å². The summed E-state index contributed by atoms with van der Waals surface area (Å²) < 4.78 is 2.98. The third kappa shape index (κ3) is 3.10. The van der Waals surface area contributed by atoms with E-state index in [4.69, 9.17) is 0 Å². The van der Waals surface area contributed by atoms with Gasteiger partial charge in [-0.15, -0.1) is 0 Å². The molecule has 1 atom stereocenters. The van der Waals surface area contributed by atoms with Crippen molar-refractivity contribution in [2.75, 3.05) is 6.54 Å². The maximum atomic E-state index is 2.98. The van der Waals surface area contributed by atoms with E-state index in [2.05, 4.69) is 132 Å². The van der Waals surface area contributed by atoms with E-state index in [9.17, 15) is 0 Å². The number of rotatable bonds is 5. The SMILES string of the molecule is CC1CN([SiH](c2ccccc2)c2ccccc2)[Si]1(c1ccccc1)c1ccccc1. The molecule has 1 aliphatic rings. The summed E-state index contributed by atoms with van der Waals surface area (Å²) in [6.07, 6.45) is 0. The Labute approximate surface area is 182 Å². The van der Waals surface area contributed by atoms with Gasteiger partial charge in [0, 0.05) is 0 Å². The van der Waals surface area contributed by atoms with Crippen molar-refractivity contribution >= 4 is 37.9 Å². The molecular weight excluding hydrogens is 394 g/mol. The molecule has 4 aromatic rings. The zero-order chi connectivity index (χ0) is 20.4. The molecule has 5 rings (SSSR count). The van der Waals surface area contributed by atoms with Crippen molar-refractivity contribution in [1.29, 1.82) is 0 Å². The fourth-order valence-electron chi connectivity index (χ4n) is 5.33. The Kier molecular flexibility index (Phi) is 5.25. The van der Waals surface area contributed by atoms with Crippen molar-refractivity contribution in [1.82, 2.24) is 4.23 Å². The standard InChI is InChI=1S/C27H27NSi2/c1-23-22-28(29(24-14-6-2-7-15-24)25-16-8-3-9-17-25)30(23,26-18-10-4-11-19-26)27-20-12-5-13-21-27/h2-21,23,29H,22H2,1H3. The molecule has 1 heterocycles. The highest BCUT2D eigenvalue weighted by atomic mass is 28.4. The van der Waals surface area contributed by atoms with Crippen LogP contribution in [0.1, 0.15) is 6.92 Å². The van der Waals surface area contributed by atoms with Crippen LogP contribution in [-0.4, -0.2) is 28.0 Å². The van der Waals surface area contributed by atoms with Gasteiger partial charge in [-0.2, -0.15) is 0 Å². The molecule has 0 saturated carbocycles. The van der Waals surface area contributed by atoms with Gasteiger partial charge in [0.1, 0.15) is 0 Å². The Hall–Kier alpha value is -2.73. The average molecular weight is 422 g/mol. The van der Waals surface area contributed by atoms with Crippen molar-refractivity contribution in [2.24, 2.45) is 0 Å². The van der Waals surface area contributed by atoms with Crippen LogP contribution >= 0.6 is 0 Å². The minimum atomic E-state index is -2.06. The van der Waals surface area contributed by atoms with Crippen LogP contribution in [0.25, 0.3) is 0 Å². The molecule has 1 unspecified atom stereocenters. The first-order chi connectivity index (χ1) is 14.8. The maximum Gasteiger partial charge on any atom is 0.190 e. The highest BCUT2D eigenvalue weighted by Gasteiger charge is 2.58. The Morgan fingerprint density at radius 3 is 1.33 bits per heavy atom. The van der Waals surface area contributed by atoms with Gasteiger partial charge in [-0.25, -0.2) is 0 Å². The molecule has 1 fully saturated rings. The topological polar surface area (TPSA) is 3.24 Å².